The Morgan fingerprint density at radius 2 is 1.15 bits per heavy atom. The number of nitrogens with one attached hydrogen (secondary N) is 2. The highest BCUT2D eigenvalue weighted by atomic mass is 16.6. The van der Waals surface area contributed by atoms with E-state index < -0.39 is 12.2 Å². The maximum atomic E-state index is 11.6. The Labute approximate surface area is 152 Å². The maximum absolute atomic E-state index is 11.6. The lowest BCUT2D eigenvalue weighted by molar-refractivity contribution is 0.127. The van der Waals surface area contributed by atoms with Gasteiger partial charge in [0.15, 0.2) is 0 Å². The normalized spacial score (nSPS) is 10.2. The van der Waals surface area contributed by atoms with Crippen molar-refractivity contribution >= 4 is 23.6 Å². The van der Waals surface area contributed by atoms with Crippen LogP contribution in [0.5, 0.6) is 0 Å². The first kappa shape index (κ1) is 19.3. The number of rotatable bonds is 8. The molecule has 0 saturated heterocycles. The van der Waals surface area contributed by atoms with Gasteiger partial charge in [0.25, 0.3) is 0 Å². The van der Waals surface area contributed by atoms with Gasteiger partial charge in [0.1, 0.15) is 13.2 Å². The van der Waals surface area contributed by atoms with Crippen LogP contribution in [-0.4, -0.2) is 50.4 Å². The first-order chi connectivity index (χ1) is 12.6. The van der Waals surface area contributed by atoms with E-state index in [4.69, 9.17) is 9.47 Å². The van der Waals surface area contributed by atoms with Gasteiger partial charge in [-0.2, -0.15) is 0 Å². The van der Waals surface area contributed by atoms with Crippen molar-refractivity contribution in [2.24, 2.45) is 0 Å². The molecule has 0 heterocycles. The molecule has 0 aliphatic carbocycles. The number of para-hydroxylation sites is 2. The van der Waals surface area contributed by atoms with Gasteiger partial charge in [-0.3, -0.25) is 15.5 Å². The van der Waals surface area contributed by atoms with Crippen molar-refractivity contribution in [1.29, 1.82) is 0 Å². The predicted molar refractivity (Wildman–Crippen MR) is 100 cm³/mol. The van der Waals surface area contributed by atoms with Crippen LogP contribution in [0.25, 0.3) is 0 Å². The summed E-state index contributed by atoms with van der Waals surface area (Å²) < 4.78 is 10.2. The van der Waals surface area contributed by atoms with Crippen LogP contribution >= 0.6 is 0 Å². The second-order valence-electron chi connectivity index (χ2n) is 5.56. The van der Waals surface area contributed by atoms with Gasteiger partial charge in [0, 0.05) is 24.5 Å². The van der Waals surface area contributed by atoms with Gasteiger partial charge in [0.05, 0.1) is 0 Å². The van der Waals surface area contributed by atoms with E-state index in [2.05, 4.69) is 10.6 Å². The molecule has 26 heavy (non-hydrogen) atoms. The third-order valence-corrected chi connectivity index (χ3v) is 3.45. The van der Waals surface area contributed by atoms with Crippen molar-refractivity contribution in [3.8, 4) is 0 Å². The molecule has 0 unspecified atom stereocenters. The Balaban J connectivity index is 1.54. The first-order valence-electron chi connectivity index (χ1n) is 8.29. The summed E-state index contributed by atoms with van der Waals surface area (Å²) in [5.74, 6) is 0. The van der Waals surface area contributed by atoms with Gasteiger partial charge >= 0.3 is 12.2 Å². The summed E-state index contributed by atoms with van der Waals surface area (Å²) >= 11 is 0. The molecule has 0 atom stereocenters. The summed E-state index contributed by atoms with van der Waals surface area (Å²) in [6.45, 7) is 1.55. The van der Waals surface area contributed by atoms with E-state index in [0.717, 1.165) is 0 Å². The number of amides is 2. The van der Waals surface area contributed by atoms with E-state index in [1.54, 1.807) is 24.3 Å². The second kappa shape index (κ2) is 10.7. The minimum absolute atomic E-state index is 0.241. The Morgan fingerprint density at radius 1 is 0.769 bits per heavy atom. The highest BCUT2D eigenvalue weighted by Gasteiger charge is 2.06. The summed E-state index contributed by atoms with van der Waals surface area (Å²) in [5.41, 5.74) is 1.37. The van der Waals surface area contributed by atoms with Gasteiger partial charge in [-0.15, -0.1) is 0 Å². The average molecular weight is 357 g/mol. The number of nitrogens with zero attached hydrogens (tertiary/aromatic N) is 1. The molecule has 2 aromatic carbocycles. The van der Waals surface area contributed by atoms with Crippen molar-refractivity contribution < 1.29 is 19.1 Å². The van der Waals surface area contributed by atoms with E-state index in [9.17, 15) is 9.59 Å². The van der Waals surface area contributed by atoms with Gasteiger partial charge in [-0.1, -0.05) is 36.4 Å². The molecule has 0 aromatic heterocycles. The van der Waals surface area contributed by atoms with Crippen LogP contribution in [0.4, 0.5) is 21.0 Å². The van der Waals surface area contributed by atoms with Gasteiger partial charge in [0.2, 0.25) is 0 Å². The average Bonchev–Trinajstić information content (AvgIpc) is 2.63. The molecule has 2 amide bonds. The number of hydrogen-bond donors (Lipinski definition) is 2. The molecule has 2 aromatic rings. The molecule has 0 spiro atoms. The molecule has 7 heteroatoms. The molecule has 2 rings (SSSR count). The summed E-state index contributed by atoms with van der Waals surface area (Å²) in [6, 6.07) is 18.2. The zero-order valence-electron chi connectivity index (χ0n) is 14.7. The zero-order valence-corrected chi connectivity index (χ0v) is 14.7. The van der Waals surface area contributed by atoms with E-state index in [-0.39, 0.29) is 13.2 Å². The van der Waals surface area contributed by atoms with Crippen LogP contribution in [0.15, 0.2) is 60.7 Å². The molecule has 7 nitrogen and oxygen atoms in total. The third kappa shape index (κ3) is 7.67. The van der Waals surface area contributed by atoms with Crippen LogP contribution in [0.1, 0.15) is 0 Å². The molecule has 0 aliphatic heterocycles. The Bertz CT molecular complexity index is 620. The largest absolute Gasteiger partial charge is 0.448 e. The number of hydrogen-bond acceptors (Lipinski definition) is 5. The predicted octanol–water partition coefficient (Wildman–Crippen LogP) is 3.42. The lowest BCUT2D eigenvalue weighted by atomic mass is 10.3. The van der Waals surface area contributed by atoms with Crippen LogP contribution in [0.2, 0.25) is 0 Å². The third-order valence-electron chi connectivity index (χ3n) is 3.45. The highest BCUT2D eigenvalue weighted by Crippen LogP contribution is 2.06. The number of likely N-dealkylation sites (N-methyl/N-ethyl adjacent to an activating group) is 1. The molecular weight excluding hydrogens is 334 g/mol. The van der Waals surface area contributed by atoms with E-state index >= 15 is 0 Å². The molecule has 0 fully saturated rings. The number of anilines is 2. The Kier molecular flexibility index (Phi) is 7.95. The molecule has 138 valence electrons. The summed E-state index contributed by atoms with van der Waals surface area (Å²) in [4.78, 5) is 25.2. The monoisotopic (exact) mass is 357 g/mol. The van der Waals surface area contributed by atoms with E-state index in [1.165, 1.54) is 0 Å². The smallest absolute Gasteiger partial charge is 0.411 e. The molecule has 0 radical (unpaired) electrons. The summed E-state index contributed by atoms with van der Waals surface area (Å²) in [5, 5.41) is 5.28. The first-order valence-corrected chi connectivity index (χ1v) is 8.29. The van der Waals surface area contributed by atoms with E-state index in [1.807, 2.05) is 48.3 Å². The molecule has 0 saturated carbocycles. The number of benzene rings is 2. The SMILES string of the molecule is CN(CCOC(=O)Nc1ccccc1)CCOC(=O)Nc1ccccc1. The van der Waals surface area contributed by atoms with Crippen molar-refractivity contribution in [3.05, 3.63) is 60.7 Å². The fourth-order valence-corrected chi connectivity index (χ4v) is 2.05. The molecule has 2 N–H and O–H groups in total. The summed E-state index contributed by atoms with van der Waals surface area (Å²) in [6.07, 6.45) is -0.994. The van der Waals surface area contributed by atoms with Crippen molar-refractivity contribution in [1.82, 2.24) is 4.90 Å². The fraction of sp³-hybridized carbons (Fsp3) is 0.263. The van der Waals surface area contributed by atoms with Crippen molar-refractivity contribution in [3.63, 3.8) is 0 Å². The van der Waals surface area contributed by atoms with Crippen LogP contribution in [0, 0.1) is 0 Å². The van der Waals surface area contributed by atoms with Gasteiger partial charge < -0.3 is 9.47 Å². The van der Waals surface area contributed by atoms with Crippen molar-refractivity contribution in [2.45, 2.75) is 0 Å². The maximum Gasteiger partial charge on any atom is 0.411 e. The molecule has 0 bridgehead atoms. The number of carbonyl (C=O) groups excluding carboxylic acids is 2. The standard InChI is InChI=1S/C19H23N3O4/c1-22(12-14-25-18(23)20-16-8-4-2-5-9-16)13-15-26-19(24)21-17-10-6-3-7-11-17/h2-11H,12-15H2,1H3,(H,20,23)(H,21,24). The number of ether oxygens (including phenoxy) is 2. The van der Waals surface area contributed by atoms with E-state index in [0.29, 0.717) is 24.5 Å². The molecule has 0 aliphatic rings. The van der Waals surface area contributed by atoms with Gasteiger partial charge in [-0.05, 0) is 31.3 Å². The molecular formula is C19H23N3O4. The quantitative estimate of drug-likeness (QED) is 0.757. The summed E-state index contributed by atoms with van der Waals surface area (Å²) in [7, 11) is 1.86. The topological polar surface area (TPSA) is 79.9 Å². The lowest BCUT2D eigenvalue weighted by Crippen LogP contribution is -2.29. The number of carbonyl (C=O) groups is 2. The van der Waals surface area contributed by atoms with Crippen LogP contribution in [0.3, 0.4) is 0 Å². The lowest BCUT2D eigenvalue weighted by Gasteiger charge is -2.16. The van der Waals surface area contributed by atoms with Crippen LogP contribution < -0.4 is 10.6 Å². The van der Waals surface area contributed by atoms with Crippen LogP contribution in [-0.2, 0) is 9.47 Å². The minimum atomic E-state index is -0.497. The van der Waals surface area contributed by atoms with Crippen molar-refractivity contribution in [2.75, 3.05) is 44.0 Å². The van der Waals surface area contributed by atoms with Gasteiger partial charge in [-0.25, -0.2) is 9.59 Å². The minimum Gasteiger partial charge on any atom is -0.448 e. The Hall–Kier alpha value is -3.06. The Morgan fingerprint density at radius 3 is 1.54 bits per heavy atom. The fourth-order valence-electron chi connectivity index (χ4n) is 2.05. The zero-order chi connectivity index (χ0) is 18.6. The second-order valence-corrected chi connectivity index (χ2v) is 5.56. The highest BCUT2D eigenvalue weighted by molar-refractivity contribution is 5.84.